The summed E-state index contributed by atoms with van der Waals surface area (Å²) in [5.74, 6) is 0.749. The molecule has 0 bridgehead atoms. The first kappa shape index (κ1) is 15.2. The largest absolute Gasteiger partial charge is 0.497 e. The summed E-state index contributed by atoms with van der Waals surface area (Å²) in [5, 5.41) is 3.27. The number of nitrogens with one attached hydrogen (secondary N) is 1. The Labute approximate surface area is 136 Å². The molecule has 1 aromatic carbocycles. The van der Waals surface area contributed by atoms with Crippen molar-refractivity contribution in [2.45, 2.75) is 13.0 Å². The molecule has 0 fully saturated rings. The van der Waals surface area contributed by atoms with Gasteiger partial charge in [-0.3, -0.25) is 4.79 Å². The van der Waals surface area contributed by atoms with Crippen LogP contribution in [0.2, 0.25) is 0 Å². The molecule has 7 heteroatoms. The Hall–Kier alpha value is -2.67. The summed E-state index contributed by atoms with van der Waals surface area (Å²) in [6, 6.07) is 10.1. The van der Waals surface area contributed by atoms with E-state index in [4.69, 9.17) is 4.74 Å². The predicted octanol–water partition coefficient (Wildman–Crippen LogP) is 2.79. The molecule has 23 heavy (non-hydrogen) atoms. The molecule has 1 N–H and O–H groups in total. The number of fused-ring (bicyclic) bond motifs is 1. The smallest absolute Gasteiger partial charge is 0.338 e. The van der Waals surface area contributed by atoms with Gasteiger partial charge in [-0.1, -0.05) is 12.1 Å². The molecule has 1 atom stereocenters. The van der Waals surface area contributed by atoms with Gasteiger partial charge >= 0.3 is 6.03 Å². The second-order valence-electron chi connectivity index (χ2n) is 4.99. The predicted molar refractivity (Wildman–Crippen MR) is 89.2 cm³/mol. The number of hydrogen-bond acceptors (Lipinski definition) is 5. The minimum Gasteiger partial charge on any atom is -0.497 e. The molecule has 2 aromatic heterocycles. The number of amides is 1. The normalized spacial score (nSPS) is 12.1. The highest BCUT2D eigenvalue weighted by atomic mass is 32.1. The molecule has 0 saturated carbocycles. The van der Waals surface area contributed by atoms with Gasteiger partial charge in [0.05, 0.1) is 18.5 Å². The molecule has 0 aliphatic carbocycles. The van der Waals surface area contributed by atoms with Crippen molar-refractivity contribution in [3.8, 4) is 5.75 Å². The molecule has 1 amide bonds. The zero-order chi connectivity index (χ0) is 16.4. The van der Waals surface area contributed by atoms with E-state index in [0.717, 1.165) is 26.8 Å². The fraction of sp³-hybridized carbons (Fsp3) is 0.188. The van der Waals surface area contributed by atoms with Crippen molar-refractivity contribution in [3.63, 3.8) is 0 Å². The quantitative estimate of drug-likeness (QED) is 0.802. The fourth-order valence-corrected chi connectivity index (χ4v) is 3.07. The molecule has 3 aromatic rings. The fourth-order valence-electron chi connectivity index (χ4n) is 2.22. The van der Waals surface area contributed by atoms with Crippen molar-refractivity contribution < 1.29 is 9.53 Å². The van der Waals surface area contributed by atoms with Gasteiger partial charge in [-0.25, -0.2) is 9.78 Å². The highest BCUT2D eigenvalue weighted by Gasteiger charge is 2.16. The third-order valence-electron chi connectivity index (χ3n) is 3.50. The van der Waals surface area contributed by atoms with Crippen LogP contribution in [-0.2, 0) is 0 Å². The minimum atomic E-state index is -0.457. The van der Waals surface area contributed by atoms with Crippen LogP contribution in [0.3, 0.4) is 0 Å². The van der Waals surface area contributed by atoms with Crippen molar-refractivity contribution in [2.24, 2.45) is 0 Å². The molecule has 3 rings (SSSR count). The van der Waals surface area contributed by atoms with E-state index in [-0.39, 0.29) is 11.6 Å². The van der Waals surface area contributed by atoms with Gasteiger partial charge in [0, 0.05) is 6.20 Å². The van der Waals surface area contributed by atoms with Crippen LogP contribution in [0, 0.1) is 0 Å². The number of carbonyl (C=O) groups is 1. The Balaban J connectivity index is 1.82. The number of methoxy groups -OCH3 is 1. The Morgan fingerprint density at radius 3 is 2.70 bits per heavy atom. The molecule has 0 radical (unpaired) electrons. The molecule has 0 unspecified atom stereocenters. The van der Waals surface area contributed by atoms with Crippen molar-refractivity contribution in [3.05, 3.63) is 58.5 Å². The summed E-state index contributed by atoms with van der Waals surface area (Å²) in [6.07, 6.45) is 1.60. The first-order valence-corrected chi connectivity index (χ1v) is 7.79. The van der Waals surface area contributed by atoms with Crippen LogP contribution in [0.1, 0.15) is 18.5 Å². The molecule has 2 heterocycles. The van der Waals surface area contributed by atoms with Crippen molar-refractivity contribution in [1.82, 2.24) is 14.3 Å². The summed E-state index contributed by atoms with van der Waals surface area (Å²) in [4.78, 5) is 29.2. The van der Waals surface area contributed by atoms with E-state index in [0.29, 0.717) is 10.2 Å². The van der Waals surface area contributed by atoms with E-state index in [2.05, 4.69) is 10.3 Å². The summed E-state index contributed by atoms with van der Waals surface area (Å²) in [6.45, 7) is 1.86. The molecule has 118 valence electrons. The maximum Gasteiger partial charge on any atom is 0.338 e. The van der Waals surface area contributed by atoms with Gasteiger partial charge in [0.1, 0.15) is 10.6 Å². The lowest BCUT2D eigenvalue weighted by atomic mass is 10.1. The molecule has 0 spiro atoms. The monoisotopic (exact) mass is 329 g/mol. The van der Waals surface area contributed by atoms with Gasteiger partial charge in [-0.2, -0.15) is 3.96 Å². The van der Waals surface area contributed by atoms with Gasteiger partial charge in [-0.05, 0) is 48.3 Å². The van der Waals surface area contributed by atoms with Crippen molar-refractivity contribution >= 4 is 27.8 Å². The number of carbonyl (C=O) groups excluding carboxylic acids is 1. The molecular formula is C16H15N3O3S. The minimum absolute atomic E-state index is 0.238. The molecule has 0 aliphatic rings. The number of rotatable bonds is 3. The Morgan fingerprint density at radius 1 is 1.30 bits per heavy atom. The number of aromatic nitrogens is 2. The van der Waals surface area contributed by atoms with Gasteiger partial charge in [-0.15, -0.1) is 0 Å². The van der Waals surface area contributed by atoms with Crippen LogP contribution in [0.5, 0.6) is 5.75 Å². The second kappa shape index (κ2) is 6.21. The van der Waals surface area contributed by atoms with E-state index in [1.54, 1.807) is 25.4 Å². The summed E-state index contributed by atoms with van der Waals surface area (Å²) in [5.41, 5.74) is 0.573. The Kier molecular flexibility index (Phi) is 4.12. The van der Waals surface area contributed by atoms with Crippen molar-refractivity contribution in [1.29, 1.82) is 0 Å². The van der Waals surface area contributed by atoms with Crippen molar-refractivity contribution in [2.75, 3.05) is 7.11 Å². The van der Waals surface area contributed by atoms with E-state index in [1.807, 2.05) is 31.2 Å². The lowest BCUT2D eigenvalue weighted by Crippen LogP contribution is -2.34. The number of hydrogen-bond donors (Lipinski definition) is 1. The molecule has 6 nitrogen and oxygen atoms in total. The topological polar surface area (TPSA) is 73.2 Å². The zero-order valence-electron chi connectivity index (χ0n) is 12.6. The summed E-state index contributed by atoms with van der Waals surface area (Å²) >= 11 is 1.04. The van der Waals surface area contributed by atoms with E-state index >= 15 is 0 Å². The third-order valence-corrected chi connectivity index (χ3v) is 4.52. The highest BCUT2D eigenvalue weighted by Crippen LogP contribution is 2.18. The maximum atomic E-state index is 12.4. The van der Waals surface area contributed by atoms with E-state index in [9.17, 15) is 9.59 Å². The van der Waals surface area contributed by atoms with Crippen LogP contribution >= 0.6 is 11.5 Å². The lowest BCUT2D eigenvalue weighted by molar-refractivity contribution is 0.241. The number of ether oxygens (including phenoxy) is 1. The number of benzene rings is 1. The SMILES string of the molecule is COc1ccc([C@@H](C)NC(=O)n2sc3ncccc3c2=O)cc1. The van der Waals surface area contributed by atoms with Crippen LogP contribution < -0.4 is 15.6 Å². The molecule has 0 saturated heterocycles. The van der Waals surface area contributed by atoms with Crippen LogP contribution in [0.25, 0.3) is 10.2 Å². The number of pyridine rings is 1. The average molecular weight is 329 g/mol. The van der Waals surface area contributed by atoms with Gasteiger partial charge < -0.3 is 10.1 Å². The maximum absolute atomic E-state index is 12.4. The van der Waals surface area contributed by atoms with Crippen LogP contribution in [0.15, 0.2) is 47.4 Å². The lowest BCUT2D eigenvalue weighted by Gasteiger charge is -2.14. The Bertz CT molecular complexity index is 899. The third kappa shape index (κ3) is 2.95. The zero-order valence-corrected chi connectivity index (χ0v) is 13.5. The Morgan fingerprint density at radius 2 is 2.04 bits per heavy atom. The number of nitrogens with zero attached hydrogens (tertiary/aromatic N) is 2. The first-order valence-electron chi connectivity index (χ1n) is 7.02. The van der Waals surface area contributed by atoms with Crippen LogP contribution in [0.4, 0.5) is 4.79 Å². The highest BCUT2D eigenvalue weighted by molar-refractivity contribution is 7.14. The molecule has 0 aliphatic heterocycles. The van der Waals surface area contributed by atoms with Crippen LogP contribution in [-0.4, -0.2) is 22.1 Å². The van der Waals surface area contributed by atoms with Gasteiger partial charge in [0.2, 0.25) is 0 Å². The van der Waals surface area contributed by atoms with E-state index in [1.165, 1.54) is 0 Å². The average Bonchev–Trinajstić information content (AvgIpc) is 2.92. The standard InChI is InChI=1S/C16H15N3O3S/c1-10(11-5-7-12(22-2)8-6-11)18-16(21)19-15(20)13-4-3-9-17-14(13)23-19/h3-10H,1-2H3,(H,18,21)/t10-/m1/s1. The first-order chi connectivity index (χ1) is 11.1. The van der Waals surface area contributed by atoms with Gasteiger partial charge in [0.15, 0.2) is 0 Å². The second-order valence-corrected chi connectivity index (χ2v) is 5.93. The van der Waals surface area contributed by atoms with E-state index < -0.39 is 6.03 Å². The molecular weight excluding hydrogens is 314 g/mol. The van der Waals surface area contributed by atoms with Gasteiger partial charge in [0.25, 0.3) is 5.56 Å². The summed E-state index contributed by atoms with van der Waals surface area (Å²) < 4.78 is 6.21. The summed E-state index contributed by atoms with van der Waals surface area (Å²) in [7, 11) is 1.60.